The normalized spacial score (nSPS) is 11.5. The third-order valence-electron chi connectivity index (χ3n) is 6.81. The maximum absolute atomic E-state index is 12.4. The van der Waals surface area contributed by atoms with Gasteiger partial charge in [-0.3, -0.25) is 0 Å². The zero-order valence-electron chi connectivity index (χ0n) is 27.7. The van der Waals surface area contributed by atoms with Gasteiger partial charge in [0.05, 0.1) is 25.5 Å². The molecule has 1 aromatic rings. The summed E-state index contributed by atoms with van der Waals surface area (Å²) in [7, 11) is 3.00. The minimum atomic E-state index is -0.358. The van der Waals surface area contributed by atoms with Gasteiger partial charge in [0, 0.05) is 0 Å². The van der Waals surface area contributed by atoms with E-state index in [4.69, 9.17) is 9.47 Å². The van der Waals surface area contributed by atoms with Crippen molar-refractivity contribution in [3.63, 3.8) is 0 Å². The summed E-state index contributed by atoms with van der Waals surface area (Å²) < 4.78 is 10.2. The third kappa shape index (κ3) is 15.1. The Morgan fingerprint density at radius 1 is 1.00 bits per heavy atom. The standard InChI is InChI=1S/C24H33NO3.C10H22.C2H6/c1-8-11-12-13-19(15-14-18(5)27-6)21-16-17(4)22(24(26)28-7)23(25-10-3)20(21)9-2;1-4-6-7-8-9-10(3)5-2;1-2/h10,13-16,25H,3,5,8-9,11-12H2,1-2,4,6-7H3;10H,4-9H2,1-3H3;1-2H3/b15-14-,19-13+;;/t;10-;/m.1./s1. The molecule has 0 spiro atoms. The van der Waals surface area contributed by atoms with Crippen molar-refractivity contribution in [1.29, 1.82) is 0 Å². The number of esters is 1. The van der Waals surface area contributed by atoms with E-state index in [0.29, 0.717) is 11.3 Å². The molecule has 4 nitrogen and oxygen atoms in total. The SMILES string of the molecule is C=CNc1c(CC)c(C(/C=C\C(=C)OC)=C/CCCC)cc(C)c1C(=O)OC.CC.CCCCCC[C@H](C)CC. The van der Waals surface area contributed by atoms with Gasteiger partial charge in [0.25, 0.3) is 0 Å². The summed E-state index contributed by atoms with van der Waals surface area (Å²) in [6.07, 6.45) is 20.1. The summed E-state index contributed by atoms with van der Waals surface area (Å²) in [5.74, 6) is 1.19. The van der Waals surface area contributed by atoms with Crippen molar-refractivity contribution in [3.05, 3.63) is 71.7 Å². The fourth-order valence-corrected chi connectivity index (χ4v) is 4.21. The number of ether oxygens (including phenoxy) is 2. The lowest BCUT2D eigenvalue weighted by molar-refractivity contribution is 0.0601. The second-order valence-corrected chi connectivity index (χ2v) is 9.83. The number of nitrogens with one attached hydrogen (secondary N) is 1. The van der Waals surface area contributed by atoms with Gasteiger partial charge >= 0.3 is 5.97 Å². The summed E-state index contributed by atoms with van der Waals surface area (Å²) in [6.45, 7) is 24.7. The molecule has 40 heavy (non-hydrogen) atoms. The summed E-state index contributed by atoms with van der Waals surface area (Å²) >= 11 is 0. The van der Waals surface area contributed by atoms with Crippen molar-refractivity contribution in [2.45, 2.75) is 120 Å². The van der Waals surface area contributed by atoms with E-state index >= 15 is 0 Å². The van der Waals surface area contributed by atoms with E-state index < -0.39 is 0 Å². The highest BCUT2D eigenvalue weighted by molar-refractivity contribution is 6.00. The lowest BCUT2D eigenvalue weighted by atomic mass is 9.89. The molecule has 0 heterocycles. The van der Waals surface area contributed by atoms with Gasteiger partial charge in [-0.15, -0.1) is 0 Å². The van der Waals surface area contributed by atoms with Crippen LogP contribution in [-0.2, 0) is 15.9 Å². The maximum Gasteiger partial charge on any atom is 0.340 e. The molecule has 1 N–H and O–H groups in total. The van der Waals surface area contributed by atoms with E-state index in [1.807, 2.05) is 32.9 Å². The lowest BCUT2D eigenvalue weighted by Gasteiger charge is -2.20. The molecule has 0 fully saturated rings. The van der Waals surface area contributed by atoms with Crippen LogP contribution >= 0.6 is 0 Å². The Morgan fingerprint density at radius 2 is 1.65 bits per heavy atom. The van der Waals surface area contributed by atoms with Crippen molar-refractivity contribution in [2.24, 2.45) is 5.92 Å². The van der Waals surface area contributed by atoms with Gasteiger partial charge in [-0.2, -0.15) is 0 Å². The molecule has 0 bridgehead atoms. The highest BCUT2D eigenvalue weighted by Gasteiger charge is 2.21. The molecule has 0 saturated heterocycles. The van der Waals surface area contributed by atoms with Crippen LogP contribution in [0.2, 0.25) is 0 Å². The van der Waals surface area contributed by atoms with Gasteiger partial charge in [-0.25, -0.2) is 4.79 Å². The largest absolute Gasteiger partial charge is 0.497 e. The fourth-order valence-electron chi connectivity index (χ4n) is 4.21. The first-order valence-electron chi connectivity index (χ1n) is 15.5. The van der Waals surface area contributed by atoms with Crippen LogP contribution in [-0.4, -0.2) is 20.2 Å². The lowest BCUT2D eigenvalue weighted by Crippen LogP contribution is -2.12. The molecule has 0 saturated carbocycles. The molecule has 0 aliphatic rings. The number of carbonyl (C=O) groups excluding carboxylic acids is 1. The first kappa shape index (κ1) is 39.4. The van der Waals surface area contributed by atoms with Gasteiger partial charge in [0.2, 0.25) is 0 Å². The number of unbranched alkanes of at least 4 members (excludes halogenated alkanes) is 5. The third-order valence-corrected chi connectivity index (χ3v) is 6.81. The molecule has 0 radical (unpaired) electrons. The quantitative estimate of drug-likeness (QED) is 0.0898. The Bertz CT molecular complexity index is 911. The molecular formula is C36H61NO3. The summed E-state index contributed by atoms with van der Waals surface area (Å²) in [6, 6.07) is 2.05. The maximum atomic E-state index is 12.4. The van der Waals surface area contributed by atoms with E-state index in [1.54, 1.807) is 13.3 Å². The second-order valence-electron chi connectivity index (χ2n) is 9.83. The Hall–Kier alpha value is -2.75. The average molecular weight is 556 g/mol. The van der Waals surface area contributed by atoms with Gasteiger partial charge in [-0.05, 0) is 60.2 Å². The van der Waals surface area contributed by atoms with Crippen LogP contribution in [0, 0.1) is 12.8 Å². The second kappa shape index (κ2) is 25.2. The van der Waals surface area contributed by atoms with Crippen molar-refractivity contribution < 1.29 is 14.3 Å². The Balaban J connectivity index is 0. The molecule has 1 atom stereocenters. The number of allylic oxidation sites excluding steroid dienone is 4. The Labute approximate surface area is 248 Å². The van der Waals surface area contributed by atoms with E-state index in [2.05, 4.69) is 65.2 Å². The predicted octanol–water partition coefficient (Wildman–Crippen LogP) is 11.2. The summed E-state index contributed by atoms with van der Waals surface area (Å²) in [5, 5.41) is 3.16. The van der Waals surface area contributed by atoms with Gasteiger partial charge in [-0.1, -0.05) is 131 Å². The summed E-state index contributed by atoms with van der Waals surface area (Å²) in [5.41, 5.74) is 5.34. The molecule has 0 amide bonds. The molecule has 228 valence electrons. The van der Waals surface area contributed by atoms with Crippen LogP contribution < -0.4 is 5.32 Å². The molecular weight excluding hydrogens is 494 g/mol. The monoisotopic (exact) mass is 555 g/mol. The number of methoxy groups -OCH3 is 2. The van der Waals surface area contributed by atoms with Crippen LogP contribution in [0.1, 0.15) is 133 Å². The minimum Gasteiger partial charge on any atom is -0.497 e. The Morgan fingerprint density at radius 3 is 2.15 bits per heavy atom. The number of carbonyl (C=O) groups is 1. The first-order valence-corrected chi connectivity index (χ1v) is 15.5. The van der Waals surface area contributed by atoms with Crippen LogP contribution in [0.15, 0.2) is 49.4 Å². The number of rotatable bonds is 17. The average Bonchev–Trinajstić information content (AvgIpc) is 2.97. The topological polar surface area (TPSA) is 47.6 Å². The zero-order valence-corrected chi connectivity index (χ0v) is 27.7. The highest BCUT2D eigenvalue weighted by atomic mass is 16.5. The smallest absolute Gasteiger partial charge is 0.340 e. The van der Waals surface area contributed by atoms with Crippen molar-refractivity contribution in [2.75, 3.05) is 19.5 Å². The van der Waals surface area contributed by atoms with Gasteiger partial charge in [0.15, 0.2) is 0 Å². The van der Waals surface area contributed by atoms with Crippen LogP contribution in [0.4, 0.5) is 5.69 Å². The van der Waals surface area contributed by atoms with Crippen LogP contribution in [0.3, 0.4) is 0 Å². The van der Waals surface area contributed by atoms with Crippen LogP contribution in [0.25, 0.3) is 5.57 Å². The number of hydrogen-bond donors (Lipinski definition) is 1. The number of hydrogen-bond acceptors (Lipinski definition) is 4. The minimum absolute atomic E-state index is 0.358. The number of aryl methyl sites for hydroxylation is 1. The van der Waals surface area contributed by atoms with E-state index in [-0.39, 0.29) is 5.97 Å². The zero-order chi connectivity index (χ0) is 30.9. The molecule has 1 rings (SSSR count). The fraction of sp³-hybridized carbons (Fsp3) is 0.583. The van der Waals surface area contributed by atoms with Crippen molar-refractivity contribution >= 4 is 17.2 Å². The van der Waals surface area contributed by atoms with Crippen LogP contribution in [0.5, 0.6) is 0 Å². The molecule has 1 aromatic carbocycles. The first-order chi connectivity index (χ1) is 19.2. The highest BCUT2D eigenvalue weighted by Crippen LogP contribution is 2.34. The van der Waals surface area contributed by atoms with E-state index in [1.165, 1.54) is 45.6 Å². The van der Waals surface area contributed by atoms with Crippen molar-refractivity contribution in [3.8, 4) is 0 Å². The van der Waals surface area contributed by atoms with Crippen molar-refractivity contribution in [1.82, 2.24) is 0 Å². The molecule has 0 aromatic heterocycles. The van der Waals surface area contributed by atoms with E-state index in [9.17, 15) is 4.79 Å². The predicted molar refractivity (Wildman–Crippen MR) is 178 cm³/mol. The molecule has 0 aliphatic heterocycles. The van der Waals surface area contributed by atoms with Gasteiger partial charge in [0.1, 0.15) is 5.76 Å². The number of anilines is 1. The van der Waals surface area contributed by atoms with Gasteiger partial charge < -0.3 is 14.8 Å². The van der Waals surface area contributed by atoms with E-state index in [0.717, 1.165) is 59.6 Å². The summed E-state index contributed by atoms with van der Waals surface area (Å²) in [4.78, 5) is 12.4. The number of benzene rings is 1. The molecule has 0 unspecified atom stereocenters. The molecule has 0 aliphatic carbocycles. The Kier molecular flexibility index (Phi) is 24.9. The molecule has 4 heteroatoms.